The Morgan fingerprint density at radius 2 is 2.18 bits per heavy atom. The van der Waals surface area contributed by atoms with E-state index in [1.165, 1.54) is 4.90 Å². The third-order valence-corrected chi connectivity index (χ3v) is 4.21. The zero-order chi connectivity index (χ0) is 15.9. The molecule has 1 aliphatic heterocycles. The summed E-state index contributed by atoms with van der Waals surface area (Å²) < 4.78 is 11.7. The Balaban J connectivity index is 1.92. The van der Waals surface area contributed by atoms with E-state index < -0.39 is 12.1 Å². The second-order valence-corrected chi connectivity index (χ2v) is 6.06. The van der Waals surface area contributed by atoms with E-state index in [1.807, 2.05) is 19.1 Å². The van der Waals surface area contributed by atoms with Crippen molar-refractivity contribution in [2.75, 3.05) is 19.7 Å². The number of furan rings is 1. The lowest BCUT2D eigenvalue weighted by atomic mass is 10.1. The van der Waals surface area contributed by atoms with Gasteiger partial charge in [-0.1, -0.05) is 15.9 Å². The molecule has 0 radical (unpaired) electrons. The quantitative estimate of drug-likeness (QED) is 0.881. The number of amides is 1. The van der Waals surface area contributed by atoms with E-state index in [4.69, 9.17) is 14.3 Å². The van der Waals surface area contributed by atoms with Gasteiger partial charge in [-0.2, -0.15) is 0 Å². The molecule has 2 aromatic rings. The number of halogens is 1. The number of carbonyl (C=O) groups is 2. The molecule has 116 valence electrons. The van der Waals surface area contributed by atoms with Crippen molar-refractivity contribution in [1.82, 2.24) is 4.90 Å². The largest absolute Gasteiger partial charge is 0.479 e. The Labute approximate surface area is 134 Å². The second kappa shape index (κ2) is 5.73. The summed E-state index contributed by atoms with van der Waals surface area (Å²) in [6, 6.07) is 5.53. The average molecular weight is 368 g/mol. The minimum absolute atomic E-state index is 0.0222. The summed E-state index contributed by atoms with van der Waals surface area (Å²) in [5.41, 5.74) is 1.38. The standard InChI is InChI=1S/C15H14BrNO5/c1-8-10-6-9(16)2-3-11(10)22-13(8)14(18)17-4-5-21-12(7-17)15(19)20/h2-3,6,12H,4-5,7H2,1H3,(H,19,20). The molecule has 3 rings (SSSR count). The highest BCUT2D eigenvalue weighted by Crippen LogP contribution is 2.29. The van der Waals surface area contributed by atoms with Crippen molar-refractivity contribution in [3.63, 3.8) is 0 Å². The second-order valence-electron chi connectivity index (χ2n) is 5.15. The molecule has 22 heavy (non-hydrogen) atoms. The van der Waals surface area contributed by atoms with Crippen LogP contribution in [0, 0.1) is 6.92 Å². The minimum Gasteiger partial charge on any atom is -0.479 e. The van der Waals surface area contributed by atoms with Gasteiger partial charge in [-0.3, -0.25) is 4.79 Å². The van der Waals surface area contributed by atoms with Gasteiger partial charge in [-0.15, -0.1) is 0 Å². The zero-order valence-electron chi connectivity index (χ0n) is 11.8. The first-order valence-corrected chi connectivity index (χ1v) is 7.59. The molecular weight excluding hydrogens is 354 g/mol. The van der Waals surface area contributed by atoms with Crippen LogP contribution in [0.1, 0.15) is 16.1 Å². The van der Waals surface area contributed by atoms with Crippen molar-refractivity contribution in [1.29, 1.82) is 0 Å². The molecule has 1 amide bonds. The maximum Gasteiger partial charge on any atom is 0.334 e. The van der Waals surface area contributed by atoms with Gasteiger partial charge in [0.1, 0.15) is 5.58 Å². The van der Waals surface area contributed by atoms with Gasteiger partial charge in [-0.05, 0) is 25.1 Å². The molecule has 0 aliphatic carbocycles. The molecule has 6 nitrogen and oxygen atoms in total. The molecule has 1 aliphatic rings. The number of hydrogen-bond donors (Lipinski definition) is 1. The lowest BCUT2D eigenvalue weighted by Gasteiger charge is -2.30. The predicted octanol–water partition coefficient (Wildman–Crippen LogP) is 2.43. The summed E-state index contributed by atoms with van der Waals surface area (Å²) in [5.74, 6) is -1.12. The SMILES string of the molecule is Cc1c(C(=O)N2CCOC(C(=O)O)C2)oc2ccc(Br)cc12. The van der Waals surface area contributed by atoms with Crippen LogP contribution in [0.5, 0.6) is 0 Å². The highest BCUT2D eigenvalue weighted by Gasteiger charge is 2.31. The van der Waals surface area contributed by atoms with Crippen molar-refractivity contribution < 1.29 is 23.8 Å². The molecule has 1 atom stereocenters. The third-order valence-electron chi connectivity index (χ3n) is 3.72. The number of carboxylic acid groups (broad SMARTS) is 1. The number of nitrogens with zero attached hydrogens (tertiary/aromatic N) is 1. The Hall–Kier alpha value is -1.86. The Kier molecular flexibility index (Phi) is 3.92. The van der Waals surface area contributed by atoms with Crippen LogP contribution in [0.3, 0.4) is 0 Å². The van der Waals surface area contributed by atoms with Crippen molar-refractivity contribution in [2.45, 2.75) is 13.0 Å². The number of benzene rings is 1. The summed E-state index contributed by atoms with van der Waals surface area (Å²) in [7, 11) is 0. The average Bonchev–Trinajstić information content (AvgIpc) is 2.83. The lowest BCUT2D eigenvalue weighted by molar-refractivity contribution is -0.154. The third kappa shape index (κ3) is 2.62. The van der Waals surface area contributed by atoms with Crippen molar-refractivity contribution in [3.05, 3.63) is 34.0 Å². The van der Waals surface area contributed by atoms with Crippen LogP contribution in [0.25, 0.3) is 11.0 Å². The van der Waals surface area contributed by atoms with E-state index in [0.717, 1.165) is 15.4 Å². The normalized spacial score (nSPS) is 18.6. The van der Waals surface area contributed by atoms with E-state index >= 15 is 0 Å². The van der Waals surface area contributed by atoms with Crippen LogP contribution in [0.2, 0.25) is 0 Å². The topological polar surface area (TPSA) is 80.0 Å². The Bertz CT molecular complexity index is 754. The molecule has 1 fully saturated rings. The first-order valence-electron chi connectivity index (χ1n) is 6.79. The van der Waals surface area contributed by atoms with Crippen LogP contribution in [0.4, 0.5) is 0 Å². The molecule has 1 saturated heterocycles. The number of carbonyl (C=O) groups excluding carboxylic acids is 1. The monoisotopic (exact) mass is 367 g/mol. The van der Waals surface area contributed by atoms with E-state index in [0.29, 0.717) is 12.1 Å². The van der Waals surface area contributed by atoms with Crippen LogP contribution in [0.15, 0.2) is 27.1 Å². The fourth-order valence-electron chi connectivity index (χ4n) is 2.52. The highest BCUT2D eigenvalue weighted by molar-refractivity contribution is 9.10. The van der Waals surface area contributed by atoms with Crippen LogP contribution in [-0.4, -0.2) is 47.7 Å². The number of morpholine rings is 1. The first-order chi connectivity index (χ1) is 10.5. The molecule has 2 heterocycles. The molecule has 0 saturated carbocycles. The molecule has 1 unspecified atom stereocenters. The van der Waals surface area contributed by atoms with Crippen LogP contribution < -0.4 is 0 Å². The summed E-state index contributed by atoms with van der Waals surface area (Å²) in [4.78, 5) is 25.1. The molecular formula is C15H14BrNO5. The van der Waals surface area contributed by atoms with Crippen LogP contribution in [-0.2, 0) is 9.53 Å². The van der Waals surface area contributed by atoms with Gasteiger partial charge in [0.25, 0.3) is 5.91 Å². The summed E-state index contributed by atoms with van der Waals surface area (Å²) in [6.07, 6.45) is -0.989. The predicted molar refractivity (Wildman–Crippen MR) is 81.9 cm³/mol. The van der Waals surface area contributed by atoms with Gasteiger partial charge < -0.3 is 19.2 Å². The number of rotatable bonds is 2. The number of ether oxygens (including phenoxy) is 1. The number of aryl methyl sites for hydroxylation is 1. The van der Waals surface area contributed by atoms with Crippen LogP contribution >= 0.6 is 15.9 Å². The van der Waals surface area contributed by atoms with Gasteiger partial charge >= 0.3 is 5.97 Å². The molecule has 0 spiro atoms. The Morgan fingerprint density at radius 1 is 1.41 bits per heavy atom. The van der Waals surface area contributed by atoms with Gasteiger partial charge in [0.05, 0.1) is 13.2 Å². The number of fused-ring (bicyclic) bond motifs is 1. The zero-order valence-corrected chi connectivity index (χ0v) is 13.4. The summed E-state index contributed by atoms with van der Waals surface area (Å²) in [6.45, 7) is 2.39. The first kappa shape index (κ1) is 15.1. The molecule has 1 N–H and O–H groups in total. The smallest absolute Gasteiger partial charge is 0.334 e. The van der Waals surface area contributed by atoms with Crippen molar-refractivity contribution >= 4 is 38.8 Å². The molecule has 1 aromatic heterocycles. The van der Waals surface area contributed by atoms with Gasteiger partial charge in [-0.25, -0.2) is 4.79 Å². The van der Waals surface area contributed by atoms with E-state index in [1.54, 1.807) is 6.07 Å². The van der Waals surface area contributed by atoms with Crippen molar-refractivity contribution in [3.8, 4) is 0 Å². The molecule has 7 heteroatoms. The van der Waals surface area contributed by atoms with E-state index in [-0.39, 0.29) is 24.8 Å². The number of carboxylic acids is 1. The summed E-state index contributed by atoms with van der Waals surface area (Å²) in [5, 5.41) is 9.88. The van der Waals surface area contributed by atoms with Gasteiger partial charge in [0.15, 0.2) is 11.9 Å². The Morgan fingerprint density at radius 3 is 2.91 bits per heavy atom. The number of hydrogen-bond acceptors (Lipinski definition) is 4. The summed E-state index contributed by atoms with van der Waals surface area (Å²) >= 11 is 3.39. The number of aliphatic carboxylic acids is 1. The minimum atomic E-state index is -1.07. The van der Waals surface area contributed by atoms with Gasteiger partial charge in [0.2, 0.25) is 0 Å². The maximum atomic E-state index is 12.6. The fourth-order valence-corrected chi connectivity index (χ4v) is 2.88. The lowest BCUT2D eigenvalue weighted by Crippen LogP contribution is -2.48. The maximum absolute atomic E-state index is 12.6. The highest BCUT2D eigenvalue weighted by atomic mass is 79.9. The van der Waals surface area contributed by atoms with Gasteiger partial charge in [0, 0.05) is 22.0 Å². The fraction of sp³-hybridized carbons (Fsp3) is 0.333. The molecule has 1 aromatic carbocycles. The van der Waals surface area contributed by atoms with E-state index in [9.17, 15) is 9.59 Å². The molecule has 0 bridgehead atoms. The van der Waals surface area contributed by atoms with E-state index in [2.05, 4.69) is 15.9 Å². The van der Waals surface area contributed by atoms with Crippen molar-refractivity contribution in [2.24, 2.45) is 0 Å².